The zero-order valence-corrected chi connectivity index (χ0v) is 9.33. The number of nitrogens with one attached hydrogen (secondary N) is 1. The van der Waals surface area contributed by atoms with E-state index in [1.54, 1.807) is 0 Å². The maximum Gasteiger partial charge on any atom is 0.435 e. The first-order chi connectivity index (χ1) is 7.98. The second-order valence-electron chi connectivity index (χ2n) is 4.02. The van der Waals surface area contributed by atoms with E-state index in [-0.39, 0.29) is 6.04 Å². The van der Waals surface area contributed by atoms with Gasteiger partial charge in [0.2, 0.25) is 0 Å². The molecule has 0 saturated carbocycles. The third-order valence-corrected chi connectivity index (χ3v) is 2.74. The average Bonchev–Trinajstić information content (AvgIpc) is 2.29. The monoisotopic (exact) mass is 246 g/mol. The summed E-state index contributed by atoms with van der Waals surface area (Å²) < 4.78 is 36.9. The van der Waals surface area contributed by atoms with Gasteiger partial charge in [-0.2, -0.15) is 13.2 Å². The van der Waals surface area contributed by atoms with E-state index in [0.717, 1.165) is 25.7 Å². The first-order valence-corrected chi connectivity index (χ1v) is 5.37. The highest BCUT2D eigenvalue weighted by Gasteiger charge is 2.33. The molecule has 2 heterocycles. The molecule has 1 aliphatic rings. The highest BCUT2D eigenvalue weighted by Crippen LogP contribution is 2.27. The fourth-order valence-corrected chi connectivity index (χ4v) is 1.81. The first-order valence-electron chi connectivity index (χ1n) is 5.37. The van der Waals surface area contributed by atoms with E-state index in [4.69, 9.17) is 0 Å². The summed E-state index contributed by atoms with van der Waals surface area (Å²) in [5.41, 5.74) is -0.955. The Balaban J connectivity index is 2.17. The molecule has 0 aliphatic carbocycles. The predicted octanol–water partition coefficient (Wildman–Crippen LogP) is 1.29. The van der Waals surface area contributed by atoms with Crippen LogP contribution >= 0.6 is 0 Å². The van der Waals surface area contributed by atoms with Crippen molar-refractivity contribution in [3.8, 4) is 0 Å². The van der Waals surface area contributed by atoms with Crippen LogP contribution in [0, 0.1) is 0 Å². The number of alkyl halides is 3. The van der Waals surface area contributed by atoms with Crippen molar-refractivity contribution >= 4 is 5.82 Å². The van der Waals surface area contributed by atoms with Crippen molar-refractivity contribution < 1.29 is 13.2 Å². The van der Waals surface area contributed by atoms with Gasteiger partial charge in [0.25, 0.3) is 0 Å². The van der Waals surface area contributed by atoms with Crippen molar-refractivity contribution in [3.05, 3.63) is 17.8 Å². The van der Waals surface area contributed by atoms with Crippen LogP contribution in [0.25, 0.3) is 0 Å². The Kier molecular flexibility index (Phi) is 3.19. The van der Waals surface area contributed by atoms with Gasteiger partial charge in [0.15, 0.2) is 11.5 Å². The van der Waals surface area contributed by atoms with Crippen molar-refractivity contribution in [1.29, 1.82) is 0 Å². The minimum atomic E-state index is -4.43. The molecule has 1 N–H and O–H groups in total. The van der Waals surface area contributed by atoms with Gasteiger partial charge in [-0.1, -0.05) is 0 Å². The maximum absolute atomic E-state index is 12.3. The second-order valence-corrected chi connectivity index (χ2v) is 4.02. The van der Waals surface area contributed by atoms with Crippen LogP contribution < -0.4 is 10.2 Å². The van der Waals surface area contributed by atoms with E-state index < -0.39 is 11.9 Å². The Morgan fingerprint density at radius 2 is 2.12 bits per heavy atom. The SMILES string of the molecule is CC1CNCCN1c1ccc(C(F)(F)F)nn1. The molecule has 2 rings (SSSR count). The van der Waals surface area contributed by atoms with Gasteiger partial charge in [-0.3, -0.25) is 0 Å². The molecule has 1 aromatic rings. The number of aromatic nitrogens is 2. The fourth-order valence-electron chi connectivity index (χ4n) is 1.81. The zero-order valence-electron chi connectivity index (χ0n) is 9.33. The van der Waals surface area contributed by atoms with Gasteiger partial charge in [0, 0.05) is 25.7 Å². The minimum Gasteiger partial charge on any atom is -0.350 e. The fraction of sp³-hybridized carbons (Fsp3) is 0.600. The molecule has 1 unspecified atom stereocenters. The predicted molar refractivity (Wildman–Crippen MR) is 56.7 cm³/mol. The van der Waals surface area contributed by atoms with E-state index in [1.807, 2.05) is 11.8 Å². The van der Waals surface area contributed by atoms with Crippen LogP contribution in [-0.4, -0.2) is 35.9 Å². The Labute approximate surface area is 96.8 Å². The van der Waals surface area contributed by atoms with E-state index in [0.29, 0.717) is 5.82 Å². The largest absolute Gasteiger partial charge is 0.435 e. The highest BCUT2D eigenvalue weighted by molar-refractivity contribution is 5.39. The van der Waals surface area contributed by atoms with Crippen LogP contribution in [0.5, 0.6) is 0 Å². The molecular weight excluding hydrogens is 233 g/mol. The Morgan fingerprint density at radius 3 is 2.65 bits per heavy atom. The molecule has 17 heavy (non-hydrogen) atoms. The van der Waals surface area contributed by atoms with E-state index in [2.05, 4.69) is 15.5 Å². The average molecular weight is 246 g/mol. The summed E-state index contributed by atoms with van der Waals surface area (Å²) >= 11 is 0. The molecule has 4 nitrogen and oxygen atoms in total. The van der Waals surface area contributed by atoms with E-state index in [9.17, 15) is 13.2 Å². The van der Waals surface area contributed by atoms with Crippen molar-refractivity contribution in [3.63, 3.8) is 0 Å². The molecule has 7 heteroatoms. The summed E-state index contributed by atoms with van der Waals surface area (Å²) in [6, 6.07) is 2.55. The van der Waals surface area contributed by atoms with Crippen LogP contribution in [0.2, 0.25) is 0 Å². The Bertz CT molecular complexity index is 376. The zero-order chi connectivity index (χ0) is 12.5. The van der Waals surface area contributed by atoms with Gasteiger partial charge in [-0.25, -0.2) is 0 Å². The summed E-state index contributed by atoms with van der Waals surface area (Å²) in [4.78, 5) is 1.95. The van der Waals surface area contributed by atoms with E-state index in [1.165, 1.54) is 6.07 Å². The van der Waals surface area contributed by atoms with Gasteiger partial charge in [0.05, 0.1) is 0 Å². The molecule has 1 fully saturated rings. The summed E-state index contributed by atoms with van der Waals surface area (Å²) in [6.07, 6.45) is -4.43. The lowest BCUT2D eigenvalue weighted by molar-refractivity contribution is -0.141. The van der Waals surface area contributed by atoms with Gasteiger partial charge in [-0.05, 0) is 19.1 Å². The summed E-state index contributed by atoms with van der Waals surface area (Å²) in [6.45, 7) is 4.31. The number of rotatable bonds is 1. The van der Waals surface area contributed by atoms with Crippen molar-refractivity contribution in [2.75, 3.05) is 24.5 Å². The van der Waals surface area contributed by atoms with Crippen molar-refractivity contribution in [1.82, 2.24) is 15.5 Å². The van der Waals surface area contributed by atoms with Crippen molar-refractivity contribution in [2.24, 2.45) is 0 Å². The second kappa shape index (κ2) is 4.48. The minimum absolute atomic E-state index is 0.204. The van der Waals surface area contributed by atoms with Crippen molar-refractivity contribution in [2.45, 2.75) is 19.1 Å². The summed E-state index contributed by atoms with van der Waals surface area (Å²) in [7, 11) is 0. The van der Waals surface area contributed by atoms with Gasteiger partial charge in [0.1, 0.15) is 0 Å². The number of anilines is 1. The molecular formula is C10H13F3N4. The van der Waals surface area contributed by atoms with Gasteiger partial charge in [-0.15, -0.1) is 10.2 Å². The van der Waals surface area contributed by atoms with Crippen LogP contribution in [0.15, 0.2) is 12.1 Å². The normalized spacial score (nSPS) is 21.6. The summed E-state index contributed by atoms with van der Waals surface area (Å²) in [5, 5.41) is 10.1. The number of nitrogens with zero attached hydrogens (tertiary/aromatic N) is 3. The molecule has 1 atom stereocenters. The lowest BCUT2D eigenvalue weighted by Gasteiger charge is -2.34. The third kappa shape index (κ3) is 2.66. The number of piperazine rings is 1. The molecule has 0 spiro atoms. The van der Waals surface area contributed by atoms with E-state index >= 15 is 0 Å². The standard InChI is InChI=1S/C10H13F3N4/c1-7-6-14-4-5-17(7)9-3-2-8(15-16-9)10(11,12)13/h2-3,7,14H,4-6H2,1H3. The lowest BCUT2D eigenvalue weighted by Crippen LogP contribution is -2.50. The maximum atomic E-state index is 12.3. The van der Waals surface area contributed by atoms with Gasteiger partial charge < -0.3 is 10.2 Å². The molecule has 0 amide bonds. The topological polar surface area (TPSA) is 41.0 Å². The number of hydrogen-bond donors (Lipinski definition) is 1. The van der Waals surface area contributed by atoms with Crippen LogP contribution in [-0.2, 0) is 6.18 Å². The van der Waals surface area contributed by atoms with Crippen LogP contribution in [0.4, 0.5) is 19.0 Å². The Hall–Kier alpha value is -1.37. The molecule has 94 valence electrons. The van der Waals surface area contributed by atoms with Crippen LogP contribution in [0.3, 0.4) is 0 Å². The smallest absolute Gasteiger partial charge is 0.350 e. The lowest BCUT2D eigenvalue weighted by atomic mass is 10.2. The number of hydrogen-bond acceptors (Lipinski definition) is 4. The molecule has 1 aliphatic heterocycles. The molecule has 0 radical (unpaired) electrons. The Morgan fingerprint density at radius 1 is 1.35 bits per heavy atom. The molecule has 1 aromatic heterocycles. The number of halogens is 3. The van der Waals surface area contributed by atoms with Crippen LogP contribution in [0.1, 0.15) is 12.6 Å². The quantitative estimate of drug-likeness (QED) is 0.810. The summed E-state index contributed by atoms with van der Waals surface area (Å²) in [5.74, 6) is 0.493. The molecule has 1 saturated heterocycles. The van der Waals surface area contributed by atoms with Gasteiger partial charge >= 0.3 is 6.18 Å². The third-order valence-electron chi connectivity index (χ3n) is 2.74. The highest BCUT2D eigenvalue weighted by atomic mass is 19.4. The molecule has 0 aromatic carbocycles. The molecule has 0 bridgehead atoms. The first kappa shape index (κ1) is 12.1.